The minimum absolute atomic E-state index is 0.205. The second-order valence-electron chi connectivity index (χ2n) is 7.09. The number of aryl methyl sites for hydroxylation is 1. The number of hydrogen-bond acceptors (Lipinski definition) is 3. The Kier molecular flexibility index (Phi) is 16.1. The zero-order valence-corrected chi connectivity index (χ0v) is 19.3. The van der Waals surface area contributed by atoms with Gasteiger partial charge in [0, 0.05) is 24.7 Å². The fourth-order valence-electron chi connectivity index (χ4n) is 2.90. The fraction of sp³-hybridized carbons (Fsp3) is 0.667. The van der Waals surface area contributed by atoms with Crippen LogP contribution in [-0.4, -0.2) is 25.6 Å². The minimum Gasteiger partial charge on any atom is -0.387 e. The third-order valence-electron chi connectivity index (χ3n) is 4.46. The molecule has 0 heterocycles. The van der Waals surface area contributed by atoms with Gasteiger partial charge in [0.25, 0.3) is 0 Å². The Balaban J connectivity index is 0.000000400. The maximum Gasteiger partial charge on any atom is 0.185 e. The van der Waals surface area contributed by atoms with E-state index in [1.54, 1.807) is 6.07 Å². The monoisotopic (exact) mass is 431 g/mol. The molecule has 0 aromatic heterocycles. The van der Waals surface area contributed by atoms with E-state index in [0.717, 1.165) is 24.2 Å². The number of rotatable bonds is 6. The summed E-state index contributed by atoms with van der Waals surface area (Å²) in [7, 11) is 1.84. The fourth-order valence-corrected chi connectivity index (χ4v) is 3.59. The summed E-state index contributed by atoms with van der Waals surface area (Å²) in [5.74, 6) is 0.205. The zero-order chi connectivity index (χ0) is 21.4. The predicted molar refractivity (Wildman–Crippen MR) is 127 cm³/mol. The lowest BCUT2D eigenvalue weighted by Gasteiger charge is -2.15. The van der Waals surface area contributed by atoms with E-state index in [4.69, 9.17) is 40.4 Å². The second kappa shape index (κ2) is 16.8. The van der Waals surface area contributed by atoms with Crippen LogP contribution >= 0.6 is 23.2 Å². The lowest BCUT2D eigenvalue weighted by molar-refractivity contribution is 0.441. The average Bonchev–Trinajstić information content (AvgIpc) is 2.63. The summed E-state index contributed by atoms with van der Waals surface area (Å²) in [6.07, 6.45) is 11.5. The SMILES string of the molecule is CCCCCCN=C(N)N.CNc1c(C)cc(Cl)cc1Cl.NC1CCCCC1. The van der Waals surface area contributed by atoms with Gasteiger partial charge in [-0.15, -0.1) is 0 Å². The first-order valence-corrected chi connectivity index (χ1v) is 11.0. The van der Waals surface area contributed by atoms with Crippen molar-refractivity contribution >= 4 is 34.8 Å². The van der Waals surface area contributed by atoms with E-state index in [1.807, 2.05) is 20.0 Å². The van der Waals surface area contributed by atoms with Gasteiger partial charge in [-0.3, -0.25) is 4.99 Å². The van der Waals surface area contributed by atoms with Crippen molar-refractivity contribution in [1.29, 1.82) is 0 Å². The zero-order valence-electron chi connectivity index (χ0n) is 17.7. The predicted octanol–water partition coefficient (Wildman–Crippen LogP) is 5.46. The highest BCUT2D eigenvalue weighted by atomic mass is 35.5. The van der Waals surface area contributed by atoms with Gasteiger partial charge in [-0.25, -0.2) is 0 Å². The van der Waals surface area contributed by atoms with E-state index in [9.17, 15) is 0 Å². The highest BCUT2D eigenvalue weighted by Crippen LogP contribution is 2.28. The molecule has 0 amide bonds. The van der Waals surface area contributed by atoms with Gasteiger partial charge in [0.05, 0.1) is 10.7 Å². The normalized spacial score (nSPS) is 13.5. The summed E-state index contributed by atoms with van der Waals surface area (Å²) >= 11 is 11.7. The molecule has 0 saturated heterocycles. The van der Waals surface area contributed by atoms with Crippen LogP contribution in [0.15, 0.2) is 17.1 Å². The highest BCUT2D eigenvalue weighted by molar-refractivity contribution is 6.36. The van der Waals surface area contributed by atoms with Gasteiger partial charge in [-0.05, 0) is 43.9 Å². The number of benzene rings is 1. The van der Waals surface area contributed by atoms with Crippen molar-refractivity contribution in [3.63, 3.8) is 0 Å². The molecule has 1 aliphatic carbocycles. The number of nitrogens with one attached hydrogen (secondary N) is 1. The minimum atomic E-state index is 0.205. The molecule has 1 aromatic rings. The Bertz CT molecular complexity index is 531. The van der Waals surface area contributed by atoms with Crippen LogP contribution in [0, 0.1) is 6.92 Å². The standard InChI is InChI=1S/C8H9Cl2N.C7H17N3.C6H13N/c1-5-3-6(9)4-7(10)8(5)11-2;1-2-3-4-5-6-10-7(8)9;7-6-4-2-1-3-5-6/h3-4,11H,1-2H3;2-6H2,1H3,(H4,8,9,10);6H,1-5,7H2. The van der Waals surface area contributed by atoms with Crippen LogP contribution in [-0.2, 0) is 0 Å². The molecule has 0 spiro atoms. The van der Waals surface area contributed by atoms with Crippen molar-refractivity contribution in [2.24, 2.45) is 22.2 Å². The quantitative estimate of drug-likeness (QED) is 0.272. The van der Waals surface area contributed by atoms with Crippen LogP contribution in [0.4, 0.5) is 5.69 Å². The maximum absolute atomic E-state index is 5.89. The molecule has 1 fully saturated rings. The van der Waals surface area contributed by atoms with Gasteiger partial charge in [0.2, 0.25) is 0 Å². The number of anilines is 1. The van der Waals surface area contributed by atoms with E-state index < -0.39 is 0 Å². The summed E-state index contributed by atoms with van der Waals surface area (Å²) in [4.78, 5) is 3.87. The summed E-state index contributed by atoms with van der Waals surface area (Å²) in [6, 6.07) is 4.13. The molecule has 28 heavy (non-hydrogen) atoms. The Morgan fingerprint density at radius 2 is 1.75 bits per heavy atom. The molecule has 0 unspecified atom stereocenters. The highest BCUT2D eigenvalue weighted by Gasteiger charge is 2.06. The van der Waals surface area contributed by atoms with Gasteiger partial charge in [0.15, 0.2) is 5.96 Å². The number of nitrogens with zero attached hydrogens (tertiary/aromatic N) is 1. The van der Waals surface area contributed by atoms with Crippen LogP contribution < -0.4 is 22.5 Å². The van der Waals surface area contributed by atoms with Crippen LogP contribution in [0.25, 0.3) is 0 Å². The third kappa shape index (κ3) is 13.9. The molecule has 0 bridgehead atoms. The van der Waals surface area contributed by atoms with Crippen molar-refractivity contribution in [3.05, 3.63) is 27.7 Å². The summed E-state index contributed by atoms with van der Waals surface area (Å²) < 4.78 is 0. The molecule has 7 N–H and O–H groups in total. The molecular formula is C21H39Cl2N5. The first-order chi connectivity index (χ1) is 13.3. The van der Waals surface area contributed by atoms with E-state index in [1.165, 1.54) is 51.4 Å². The van der Waals surface area contributed by atoms with E-state index in [0.29, 0.717) is 16.1 Å². The van der Waals surface area contributed by atoms with E-state index in [-0.39, 0.29) is 5.96 Å². The number of aliphatic imine (C=N–C) groups is 1. The molecule has 1 aromatic carbocycles. The first-order valence-electron chi connectivity index (χ1n) is 10.3. The Morgan fingerprint density at radius 3 is 2.18 bits per heavy atom. The molecule has 1 saturated carbocycles. The topological polar surface area (TPSA) is 102 Å². The maximum atomic E-state index is 5.89. The van der Waals surface area contributed by atoms with Crippen molar-refractivity contribution in [2.75, 3.05) is 18.9 Å². The van der Waals surface area contributed by atoms with Crippen LogP contribution in [0.2, 0.25) is 10.0 Å². The summed E-state index contributed by atoms with van der Waals surface area (Å²) in [5.41, 5.74) is 17.9. The molecule has 0 aliphatic heterocycles. The molecular weight excluding hydrogens is 393 g/mol. The van der Waals surface area contributed by atoms with Gasteiger partial charge >= 0.3 is 0 Å². The molecule has 1 aliphatic rings. The van der Waals surface area contributed by atoms with Crippen LogP contribution in [0.3, 0.4) is 0 Å². The molecule has 0 radical (unpaired) electrons. The van der Waals surface area contributed by atoms with Gasteiger partial charge in [0.1, 0.15) is 0 Å². The average molecular weight is 432 g/mol. The van der Waals surface area contributed by atoms with E-state index in [2.05, 4.69) is 17.2 Å². The number of halogens is 2. The lowest BCUT2D eigenvalue weighted by Crippen LogP contribution is -2.22. The largest absolute Gasteiger partial charge is 0.387 e. The van der Waals surface area contributed by atoms with Crippen LogP contribution in [0.5, 0.6) is 0 Å². The summed E-state index contributed by atoms with van der Waals surface area (Å²) in [6.45, 7) is 4.92. The molecule has 7 heteroatoms. The lowest BCUT2D eigenvalue weighted by atomic mass is 9.97. The smallest absolute Gasteiger partial charge is 0.185 e. The van der Waals surface area contributed by atoms with Crippen molar-refractivity contribution in [1.82, 2.24) is 0 Å². The Labute approximate surface area is 181 Å². The first kappa shape index (κ1) is 26.8. The number of nitrogens with two attached hydrogens (primary N) is 3. The van der Waals surface area contributed by atoms with Crippen molar-refractivity contribution in [2.45, 2.75) is 77.7 Å². The van der Waals surface area contributed by atoms with Gasteiger partial charge in [-0.1, -0.05) is 68.7 Å². The third-order valence-corrected chi connectivity index (χ3v) is 4.97. The second-order valence-corrected chi connectivity index (χ2v) is 7.94. The number of hydrogen-bond donors (Lipinski definition) is 4. The Hall–Kier alpha value is -1.17. The van der Waals surface area contributed by atoms with Crippen molar-refractivity contribution in [3.8, 4) is 0 Å². The van der Waals surface area contributed by atoms with Gasteiger partial charge in [-0.2, -0.15) is 0 Å². The number of unbranched alkanes of at least 4 members (excludes halogenated alkanes) is 3. The van der Waals surface area contributed by atoms with Crippen molar-refractivity contribution < 1.29 is 0 Å². The molecule has 0 atom stereocenters. The molecule has 162 valence electrons. The summed E-state index contributed by atoms with van der Waals surface area (Å²) in [5, 5.41) is 4.34. The van der Waals surface area contributed by atoms with E-state index >= 15 is 0 Å². The Morgan fingerprint density at radius 1 is 1.11 bits per heavy atom. The van der Waals surface area contributed by atoms with Gasteiger partial charge < -0.3 is 22.5 Å². The number of guanidine groups is 1. The van der Waals surface area contributed by atoms with Crippen LogP contribution in [0.1, 0.15) is 70.3 Å². The molecule has 2 rings (SSSR count). The molecule has 5 nitrogen and oxygen atoms in total.